The Morgan fingerprint density at radius 1 is 1.34 bits per heavy atom. The zero-order chi connectivity index (χ0) is 23.7. The van der Waals surface area contributed by atoms with E-state index in [9.17, 15) is 18.0 Å². The molecule has 0 bridgehead atoms. The SMILES string of the molecule is COc1ccc(Cn2nnc(/C=C3\CNCCC3SC(C)=O)n2)cc1.O=C(O)C(F)(F)F. The zero-order valence-corrected chi connectivity index (χ0v) is 18.1. The molecular weight excluding hydrogens is 451 g/mol. The number of carbonyl (C=O) groups is 2. The number of benzene rings is 1. The van der Waals surface area contributed by atoms with E-state index in [0.717, 1.165) is 36.4 Å². The molecule has 1 atom stereocenters. The van der Waals surface area contributed by atoms with Crippen LogP contribution in [0.4, 0.5) is 13.2 Å². The number of carbonyl (C=O) groups excluding carboxylic acids is 1. The molecule has 0 aliphatic carbocycles. The number of carboxylic acids is 1. The standard InChI is InChI=1S/C17H21N5O2S.C2HF3O2/c1-12(23)25-16-7-8-18-10-14(16)9-17-19-21-22(20-17)11-13-3-5-15(24-2)6-4-13;3-2(4,5)1(6)7/h3-6,9,16,18H,7-8,10-11H2,1-2H3;(H,6,7)/b14-9+;. The van der Waals surface area contributed by atoms with Crippen LogP contribution in [-0.2, 0) is 16.1 Å². The molecule has 1 unspecified atom stereocenters. The van der Waals surface area contributed by atoms with E-state index in [0.29, 0.717) is 12.4 Å². The number of carboxylic acid groups (broad SMARTS) is 1. The van der Waals surface area contributed by atoms with Gasteiger partial charge in [0.15, 0.2) is 10.9 Å². The van der Waals surface area contributed by atoms with Crippen LogP contribution in [0, 0.1) is 0 Å². The van der Waals surface area contributed by atoms with Crippen LogP contribution in [0.15, 0.2) is 29.8 Å². The van der Waals surface area contributed by atoms with Gasteiger partial charge in [0.25, 0.3) is 0 Å². The molecule has 1 aromatic carbocycles. The van der Waals surface area contributed by atoms with Gasteiger partial charge in [-0.3, -0.25) is 4.79 Å². The highest BCUT2D eigenvalue weighted by atomic mass is 32.2. The van der Waals surface area contributed by atoms with Gasteiger partial charge in [-0.2, -0.15) is 18.0 Å². The maximum Gasteiger partial charge on any atom is 0.490 e. The summed E-state index contributed by atoms with van der Waals surface area (Å²) in [6.45, 7) is 3.82. The molecule has 2 heterocycles. The van der Waals surface area contributed by atoms with Gasteiger partial charge in [-0.05, 0) is 47.5 Å². The summed E-state index contributed by atoms with van der Waals surface area (Å²) in [6, 6.07) is 7.77. The zero-order valence-electron chi connectivity index (χ0n) is 17.3. The van der Waals surface area contributed by atoms with Gasteiger partial charge >= 0.3 is 12.1 Å². The Balaban J connectivity index is 0.000000451. The number of hydrogen-bond acceptors (Lipinski definition) is 8. The fraction of sp³-hybridized carbons (Fsp3) is 0.421. The van der Waals surface area contributed by atoms with E-state index in [-0.39, 0.29) is 10.4 Å². The molecule has 0 amide bonds. The number of aliphatic carboxylic acids is 1. The predicted octanol–water partition coefficient (Wildman–Crippen LogP) is 2.39. The number of nitrogens with zero attached hydrogens (tertiary/aromatic N) is 4. The smallest absolute Gasteiger partial charge is 0.490 e. The minimum absolute atomic E-state index is 0.133. The number of hydrogen-bond donors (Lipinski definition) is 2. The molecule has 1 aliphatic heterocycles. The van der Waals surface area contributed by atoms with Gasteiger partial charge in [-0.1, -0.05) is 23.9 Å². The number of methoxy groups -OCH3 is 1. The number of tetrazole rings is 1. The lowest BCUT2D eigenvalue weighted by molar-refractivity contribution is -0.192. The second-order valence-corrected chi connectivity index (χ2v) is 7.99. The summed E-state index contributed by atoms with van der Waals surface area (Å²) < 4.78 is 36.9. The van der Waals surface area contributed by atoms with Crippen LogP contribution >= 0.6 is 11.8 Å². The number of thioether (sulfide) groups is 1. The first-order valence-corrected chi connectivity index (χ1v) is 10.3. The number of halogens is 3. The largest absolute Gasteiger partial charge is 0.497 e. The van der Waals surface area contributed by atoms with Crippen LogP contribution in [0.25, 0.3) is 6.08 Å². The molecule has 1 aliphatic rings. The monoisotopic (exact) mass is 473 g/mol. The second-order valence-electron chi connectivity index (χ2n) is 6.61. The maximum absolute atomic E-state index is 11.4. The number of ether oxygens (including phenoxy) is 1. The van der Waals surface area contributed by atoms with Crippen molar-refractivity contribution in [2.45, 2.75) is 31.3 Å². The van der Waals surface area contributed by atoms with Crippen molar-refractivity contribution in [1.82, 2.24) is 25.5 Å². The molecule has 1 saturated heterocycles. The van der Waals surface area contributed by atoms with Crippen molar-refractivity contribution >= 4 is 28.9 Å². The quantitative estimate of drug-likeness (QED) is 0.675. The fourth-order valence-electron chi connectivity index (χ4n) is 2.68. The van der Waals surface area contributed by atoms with E-state index in [1.807, 2.05) is 30.3 Å². The van der Waals surface area contributed by atoms with Crippen molar-refractivity contribution in [1.29, 1.82) is 0 Å². The highest BCUT2D eigenvalue weighted by molar-refractivity contribution is 8.14. The summed E-state index contributed by atoms with van der Waals surface area (Å²) in [7, 11) is 1.64. The highest BCUT2D eigenvalue weighted by Crippen LogP contribution is 2.26. The van der Waals surface area contributed by atoms with Crippen molar-refractivity contribution < 1.29 is 32.6 Å². The molecule has 174 valence electrons. The molecule has 9 nitrogen and oxygen atoms in total. The van der Waals surface area contributed by atoms with Gasteiger partial charge in [0, 0.05) is 18.7 Å². The van der Waals surface area contributed by atoms with Crippen LogP contribution in [0.2, 0.25) is 0 Å². The van der Waals surface area contributed by atoms with Crippen LogP contribution in [0.1, 0.15) is 24.7 Å². The lowest BCUT2D eigenvalue weighted by atomic mass is 10.1. The Morgan fingerprint density at radius 2 is 2.00 bits per heavy atom. The minimum atomic E-state index is -5.08. The molecule has 2 N–H and O–H groups in total. The summed E-state index contributed by atoms with van der Waals surface area (Å²) in [6.07, 6.45) is -2.22. The van der Waals surface area contributed by atoms with Crippen molar-refractivity contribution in [3.63, 3.8) is 0 Å². The van der Waals surface area contributed by atoms with Crippen LogP contribution in [0.3, 0.4) is 0 Å². The summed E-state index contributed by atoms with van der Waals surface area (Å²) in [5, 5.41) is 23.4. The number of aromatic nitrogens is 4. The maximum atomic E-state index is 11.4. The molecule has 3 rings (SSSR count). The lowest BCUT2D eigenvalue weighted by Crippen LogP contribution is -2.32. The van der Waals surface area contributed by atoms with Gasteiger partial charge < -0.3 is 15.2 Å². The van der Waals surface area contributed by atoms with Gasteiger partial charge in [-0.25, -0.2) is 4.79 Å². The lowest BCUT2D eigenvalue weighted by Gasteiger charge is -2.24. The predicted molar refractivity (Wildman–Crippen MR) is 111 cm³/mol. The number of rotatable bonds is 5. The van der Waals surface area contributed by atoms with Crippen LogP contribution < -0.4 is 10.1 Å². The van der Waals surface area contributed by atoms with Gasteiger partial charge in [0.1, 0.15) is 5.75 Å². The van der Waals surface area contributed by atoms with E-state index < -0.39 is 12.1 Å². The van der Waals surface area contributed by atoms with E-state index in [4.69, 9.17) is 14.6 Å². The summed E-state index contributed by atoms with van der Waals surface area (Å²) in [5.41, 5.74) is 2.21. The third-order valence-electron chi connectivity index (χ3n) is 4.14. The Kier molecular flexibility index (Phi) is 9.20. The summed E-state index contributed by atoms with van der Waals surface area (Å²) >= 11 is 1.37. The topological polar surface area (TPSA) is 119 Å². The highest BCUT2D eigenvalue weighted by Gasteiger charge is 2.38. The van der Waals surface area contributed by atoms with E-state index in [2.05, 4.69) is 20.7 Å². The second kappa shape index (κ2) is 11.6. The average molecular weight is 473 g/mol. The Morgan fingerprint density at radius 3 is 2.56 bits per heavy atom. The Labute approximate surface area is 186 Å². The molecule has 13 heteroatoms. The van der Waals surface area contributed by atoms with Crippen LogP contribution in [-0.4, -0.2) is 68.0 Å². The third-order valence-corrected chi connectivity index (χ3v) is 5.30. The number of nitrogens with one attached hydrogen (secondary N) is 1. The first-order valence-electron chi connectivity index (χ1n) is 9.37. The molecular formula is C19H22F3N5O4S. The van der Waals surface area contributed by atoms with Crippen molar-refractivity contribution in [2.75, 3.05) is 20.2 Å². The molecule has 2 aromatic rings. The fourth-order valence-corrected chi connectivity index (χ4v) is 3.62. The molecule has 0 spiro atoms. The molecule has 1 fully saturated rings. The van der Waals surface area contributed by atoms with Crippen molar-refractivity contribution in [3.05, 3.63) is 41.2 Å². The van der Waals surface area contributed by atoms with E-state index in [1.54, 1.807) is 18.8 Å². The molecule has 0 radical (unpaired) electrons. The Bertz CT molecular complexity index is 947. The normalized spacial score (nSPS) is 17.4. The van der Waals surface area contributed by atoms with E-state index in [1.165, 1.54) is 11.8 Å². The number of alkyl halides is 3. The van der Waals surface area contributed by atoms with Crippen molar-refractivity contribution in [2.24, 2.45) is 0 Å². The van der Waals surface area contributed by atoms with Crippen molar-refractivity contribution in [3.8, 4) is 5.75 Å². The Hall–Kier alpha value is -2.93. The van der Waals surface area contributed by atoms with Gasteiger partial charge in [-0.15, -0.1) is 10.2 Å². The number of piperidine rings is 1. The summed E-state index contributed by atoms with van der Waals surface area (Å²) in [5.74, 6) is -1.37. The van der Waals surface area contributed by atoms with E-state index >= 15 is 0 Å². The summed E-state index contributed by atoms with van der Waals surface area (Å²) in [4.78, 5) is 21.9. The van der Waals surface area contributed by atoms with Gasteiger partial charge in [0.05, 0.1) is 13.7 Å². The molecule has 32 heavy (non-hydrogen) atoms. The first-order chi connectivity index (χ1) is 15.1. The average Bonchev–Trinajstić information content (AvgIpc) is 3.16. The first kappa shape index (κ1) is 25.3. The third kappa shape index (κ3) is 8.30. The molecule has 1 aromatic heterocycles. The van der Waals surface area contributed by atoms with Crippen LogP contribution in [0.5, 0.6) is 5.75 Å². The minimum Gasteiger partial charge on any atom is -0.497 e. The van der Waals surface area contributed by atoms with Gasteiger partial charge in [0.2, 0.25) is 0 Å². The molecule has 0 saturated carbocycles.